The Kier molecular flexibility index (Phi) is 2.19. The zero-order chi connectivity index (χ0) is 11.7. The molecule has 3 aromatic rings. The van der Waals surface area contributed by atoms with Crippen LogP contribution < -0.4 is 5.43 Å². The van der Waals surface area contributed by atoms with Gasteiger partial charge in [-0.25, -0.2) is 0 Å². The summed E-state index contributed by atoms with van der Waals surface area (Å²) in [5.74, 6) is 0. The monoisotopic (exact) mass is 223 g/mol. The van der Waals surface area contributed by atoms with Crippen molar-refractivity contribution in [1.29, 1.82) is 0 Å². The minimum atomic E-state index is -0.0907. The number of aromatic amines is 1. The molecule has 0 fully saturated rings. The van der Waals surface area contributed by atoms with Crippen LogP contribution in [0.25, 0.3) is 22.2 Å². The fourth-order valence-electron chi connectivity index (χ4n) is 1.78. The van der Waals surface area contributed by atoms with Gasteiger partial charge in [0.05, 0.1) is 5.52 Å². The maximum atomic E-state index is 11.7. The zero-order valence-corrected chi connectivity index (χ0v) is 8.92. The summed E-state index contributed by atoms with van der Waals surface area (Å²) in [6.07, 6.45) is 3.27. The molecule has 0 atom stereocenters. The van der Waals surface area contributed by atoms with Gasteiger partial charge in [0.15, 0.2) is 0 Å². The number of pyridine rings is 1. The maximum absolute atomic E-state index is 11.7. The van der Waals surface area contributed by atoms with E-state index < -0.39 is 0 Å². The lowest BCUT2D eigenvalue weighted by molar-refractivity contribution is 1.03. The number of fused-ring (bicyclic) bond motifs is 1. The van der Waals surface area contributed by atoms with E-state index in [0.717, 1.165) is 16.5 Å². The quantitative estimate of drug-likeness (QED) is 0.686. The fourth-order valence-corrected chi connectivity index (χ4v) is 1.78. The Morgan fingerprint density at radius 1 is 1.12 bits per heavy atom. The summed E-state index contributed by atoms with van der Waals surface area (Å²) in [5.41, 5.74) is 2.04. The van der Waals surface area contributed by atoms with E-state index in [2.05, 4.69) is 15.2 Å². The number of nitrogens with one attached hydrogen (secondary N) is 1. The van der Waals surface area contributed by atoms with Crippen molar-refractivity contribution < 1.29 is 0 Å². The molecule has 17 heavy (non-hydrogen) atoms. The molecule has 0 saturated heterocycles. The van der Waals surface area contributed by atoms with Crippen LogP contribution in [-0.2, 0) is 0 Å². The van der Waals surface area contributed by atoms with Gasteiger partial charge in [-0.1, -0.05) is 12.1 Å². The van der Waals surface area contributed by atoms with Crippen LogP contribution in [0, 0.1) is 0 Å². The Balaban J connectivity index is 2.25. The lowest BCUT2D eigenvalue weighted by Crippen LogP contribution is -2.06. The summed E-state index contributed by atoms with van der Waals surface area (Å²) in [6, 6.07) is 11.0. The second-order valence-electron chi connectivity index (χ2n) is 3.70. The maximum Gasteiger partial charge on any atom is 0.208 e. The van der Waals surface area contributed by atoms with Crippen LogP contribution in [-0.4, -0.2) is 15.2 Å². The normalized spacial score (nSPS) is 10.6. The van der Waals surface area contributed by atoms with Crippen LogP contribution in [0.15, 0.2) is 53.6 Å². The van der Waals surface area contributed by atoms with Gasteiger partial charge in [-0.2, -0.15) is 5.10 Å². The molecule has 4 nitrogen and oxygen atoms in total. The molecule has 82 valence electrons. The number of rotatable bonds is 1. The summed E-state index contributed by atoms with van der Waals surface area (Å²) < 4.78 is 0. The molecular formula is C13H9N3O. The first-order valence-corrected chi connectivity index (χ1v) is 5.24. The topological polar surface area (TPSA) is 58.6 Å². The SMILES string of the molecule is O=c1cc[nH]nc1-c1ccc2ncccc2c1. The van der Waals surface area contributed by atoms with Gasteiger partial charge in [0.25, 0.3) is 0 Å². The van der Waals surface area contributed by atoms with Crippen LogP contribution in [0.1, 0.15) is 0 Å². The van der Waals surface area contributed by atoms with E-state index in [1.54, 1.807) is 6.20 Å². The first kappa shape index (κ1) is 9.72. The Morgan fingerprint density at radius 2 is 2.06 bits per heavy atom. The van der Waals surface area contributed by atoms with Crippen LogP contribution >= 0.6 is 0 Å². The number of H-pyrrole nitrogens is 1. The van der Waals surface area contributed by atoms with Crippen molar-refractivity contribution in [2.75, 3.05) is 0 Å². The smallest absolute Gasteiger partial charge is 0.208 e. The third kappa shape index (κ3) is 1.69. The molecular weight excluding hydrogens is 214 g/mol. The standard InChI is InChI=1S/C13H9N3O/c17-12-5-7-15-16-13(12)10-3-4-11-9(8-10)2-1-6-14-11/h1-8H,(H,15,17). The van der Waals surface area contributed by atoms with Crippen molar-refractivity contribution in [3.8, 4) is 11.3 Å². The van der Waals surface area contributed by atoms with Gasteiger partial charge in [-0.3, -0.25) is 14.9 Å². The highest BCUT2D eigenvalue weighted by atomic mass is 16.1. The van der Waals surface area contributed by atoms with Crippen molar-refractivity contribution >= 4 is 10.9 Å². The molecule has 3 rings (SSSR count). The minimum absolute atomic E-state index is 0.0907. The average Bonchev–Trinajstić information content (AvgIpc) is 2.39. The van der Waals surface area contributed by atoms with E-state index in [1.165, 1.54) is 12.3 Å². The van der Waals surface area contributed by atoms with Gasteiger partial charge in [0.2, 0.25) is 5.43 Å². The van der Waals surface area contributed by atoms with Gasteiger partial charge < -0.3 is 0 Å². The molecule has 0 unspecified atom stereocenters. The number of hydrogen-bond acceptors (Lipinski definition) is 3. The van der Waals surface area contributed by atoms with Gasteiger partial charge in [-0.15, -0.1) is 0 Å². The second-order valence-corrected chi connectivity index (χ2v) is 3.70. The molecule has 1 aromatic carbocycles. The molecule has 0 aliphatic heterocycles. The van der Waals surface area contributed by atoms with Crippen molar-refractivity contribution in [2.24, 2.45) is 0 Å². The summed E-state index contributed by atoms with van der Waals surface area (Å²) in [7, 11) is 0. The van der Waals surface area contributed by atoms with Crippen LogP contribution in [0.4, 0.5) is 0 Å². The van der Waals surface area contributed by atoms with Crippen LogP contribution in [0.2, 0.25) is 0 Å². The molecule has 0 radical (unpaired) electrons. The molecule has 0 saturated carbocycles. The average molecular weight is 223 g/mol. The lowest BCUT2D eigenvalue weighted by Gasteiger charge is -2.01. The largest absolute Gasteiger partial charge is 0.287 e. The van der Waals surface area contributed by atoms with Gasteiger partial charge in [-0.05, 0) is 18.2 Å². The van der Waals surface area contributed by atoms with E-state index in [-0.39, 0.29) is 5.43 Å². The summed E-state index contributed by atoms with van der Waals surface area (Å²) in [6.45, 7) is 0. The van der Waals surface area contributed by atoms with E-state index >= 15 is 0 Å². The van der Waals surface area contributed by atoms with E-state index in [1.807, 2.05) is 30.3 Å². The highest BCUT2D eigenvalue weighted by molar-refractivity contribution is 5.83. The van der Waals surface area contributed by atoms with E-state index in [4.69, 9.17) is 0 Å². The highest BCUT2D eigenvalue weighted by Gasteiger charge is 2.04. The Morgan fingerprint density at radius 3 is 2.94 bits per heavy atom. The number of benzene rings is 1. The second kappa shape index (κ2) is 3.83. The molecule has 0 spiro atoms. The highest BCUT2D eigenvalue weighted by Crippen LogP contribution is 2.18. The molecule has 0 bridgehead atoms. The summed E-state index contributed by atoms with van der Waals surface area (Å²) >= 11 is 0. The first-order valence-electron chi connectivity index (χ1n) is 5.24. The van der Waals surface area contributed by atoms with Crippen molar-refractivity contribution in [2.45, 2.75) is 0 Å². The Bertz CT molecular complexity index is 734. The molecule has 4 heteroatoms. The number of hydrogen-bond donors (Lipinski definition) is 1. The van der Waals surface area contributed by atoms with Crippen molar-refractivity contribution in [3.63, 3.8) is 0 Å². The van der Waals surface area contributed by atoms with Gasteiger partial charge >= 0.3 is 0 Å². The third-order valence-electron chi connectivity index (χ3n) is 2.60. The third-order valence-corrected chi connectivity index (χ3v) is 2.60. The van der Waals surface area contributed by atoms with Crippen LogP contribution in [0.3, 0.4) is 0 Å². The fraction of sp³-hybridized carbons (Fsp3) is 0. The van der Waals surface area contributed by atoms with Crippen molar-refractivity contribution in [1.82, 2.24) is 15.2 Å². The number of nitrogens with zero attached hydrogens (tertiary/aromatic N) is 2. The first-order chi connectivity index (χ1) is 8.34. The molecule has 0 aliphatic rings. The predicted octanol–water partition coefficient (Wildman–Crippen LogP) is 1.99. The van der Waals surface area contributed by atoms with Crippen LogP contribution in [0.5, 0.6) is 0 Å². The Hall–Kier alpha value is -2.49. The van der Waals surface area contributed by atoms with Gasteiger partial charge in [0.1, 0.15) is 5.69 Å². The minimum Gasteiger partial charge on any atom is -0.287 e. The lowest BCUT2D eigenvalue weighted by atomic mass is 10.1. The Labute approximate surface area is 97.0 Å². The van der Waals surface area contributed by atoms with Crippen molar-refractivity contribution in [3.05, 3.63) is 59.0 Å². The molecule has 2 heterocycles. The van der Waals surface area contributed by atoms with Gasteiger partial charge in [0, 0.05) is 29.4 Å². The predicted molar refractivity (Wildman–Crippen MR) is 65.6 cm³/mol. The number of aromatic nitrogens is 3. The summed E-state index contributed by atoms with van der Waals surface area (Å²) in [4.78, 5) is 15.9. The molecule has 1 N–H and O–H groups in total. The van der Waals surface area contributed by atoms with E-state index in [9.17, 15) is 4.79 Å². The molecule has 2 aromatic heterocycles. The van der Waals surface area contributed by atoms with E-state index in [0.29, 0.717) is 5.69 Å². The molecule has 0 amide bonds. The zero-order valence-electron chi connectivity index (χ0n) is 8.92. The summed E-state index contributed by atoms with van der Waals surface area (Å²) in [5, 5.41) is 7.68. The molecule has 0 aliphatic carbocycles.